The number of amides is 1. The SMILES string of the molecule is CCCC1CCCCN1C(=O)C1(C#N)CCC1. The van der Waals surface area contributed by atoms with Crippen molar-refractivity contribution in [3.63, 3.8) is 0 Å². The van der Waals surface area contributed by atoms with Crippen LogP contribution in [0.5, 0.6) is 0 Å². The van der Waals surface area contributed by atoms with Crippen molar-refractivity contribution in [3.05, 3.63) is 0 Å². The van der Waals surface area contributed by atoms with Gasteiger partial charge in [-0.15, -0.1) is 0 Å². The van der Waals surface area contributed by atoms with Crippen molar-refractivity contribution in [2.45, 2.75) is 64.3 Å². The number of nitriles is 1. The van der Waals surface area contributed by atoms with Crippen LogP contribution in [0, 0.1) is 16.7 Å². The molecular weight excluding hydrogens is 212 g/mol. The van der Waals surface area contributed by atoms with Crippen molar-refractivity contribution in [3.8, 4) is 6.07 Å². The fraction of sp³-hybridized carbons (Fsp3) is 0.857. The van der Waals surface area contributed by atoms with Gasteiger partial charge in [0.2, 0.25) is 5.91 Å². The molecular formula is C14H22N2O. The van der Waals surface area contributed by atoms with Crippen molar-refractivity contribution < 1.29 is 4.79 Å². The topological polar surface area (TPSA) is 44.1 Å². The Morgan fingerprint density at radius 1 is 1.41 bits per heavy atom. The van der Waals surface area contributed by atoms with Gasteiger partial charge in [-0.25, -0.2) is 0 Å². The Kier molecular flexibility index (Phi) is 3.71. The quantitative estimate of drug-likeness (QED) is 0.753. The molecule has 3 heteroatoms. The van der Waals surface area contributed by atoms with E-state index in [2.05, 4.69) is 13.0 Å². The van der Waals surface area contributed by atoms with Crippen LogP contribution < -0.4 is 0 Å². The van der Waals surface area contributed by atoms with Gasteiger partial charge in [0.05, 0.1) is 6.07 Å². The standard InChI is InChI=1S/C14H22N2O/c1-2-6-12-7-3-4-10-16(12)13(17)14(11-15)8-5-9-14/h12H,2-10H2,1H3. The average molecular weight is 234 g/mol. The number of carbonyl (C=O) groups is 1. The van der Waals surface area contributed by atoms with Gasteiger partial charge >= 0.3 is 0 Å². The molecule has 2 rings (SSSR count). The van der Waals surface area contributed by atoms with Gasteiger partial charge in [0.1, 0.15) is 5.41 Å². The fourth-order valence-electron chi connectivity index (χ4n) is 3.08. The predicted octanol–water partition coefficient (Wildman–Crippen LogP) is 2.86. The number of nitrogens with zero attached hydrogens (tertiary/aromatic N) is 2. The number of rotatable bonds is 3. The van der Waals surface area contributed by atoms with E-state index in [4.69, 9.17) is 0 Å². The molecule has 1 aliphatic heterocycles. The zero-order valence-corrected chi connectivity index (χ0v) is 10.7. The molecule has 2 fully saturated rings. The van der Waals surface area contributed by atoms with Gasteiger partial charge < -0.3 is 4.90 Å². The molecule has 1 amide bonds. The average Bonchev–Trinajstić information content (AvgIpc) is 2.29. The summed E-state index contributed by atoms with van der Waals surface area (Å²) >= 11 is 0. The van der Waals surface area contributed by atoms with Crippen LogP contribution in [0.1, 0.15) is 58.3 Å². The van der Waals surface area contributed by atoms with Gasteiger partial charge in [-0.3, -0.25) is 4.79 Å². The lowest BCUT2D eigenvalue weighted by Gasteiger charge is -2.43. The minimum atomic E-state index is -0.649. The zero-order valence-electron chi connectivity index (χ0n) is 10.7. The van der Waals surface area contributed by atoms with Crippen molar-refractivity contribution >= 4 is 5.91 Å². The van der Waals surface area contributed by atoms with E-state index in [9.17, 15) is 10.1 Å². The van der Waals surface area contributed by atoms with Crippen LogP contribution in [0.15, 0.2) is 0 Å². The van der Waals surface area contributed by atoms with E-state index in [1.54, 1.807) is 0 Å². The Morgan fingerprint density at radius 2 is 2.18 bits per heavy atom. The van der Waals surface area contributed by atoms with Crippen LogP contribution >= 0.6 is 0 Å². The van der Waals surface area contributed by atoms with Gasteiger partial charge in [-0.05, 0) is 44.9 Å². The highest BCUT2D eigenvalue weighted by Gasteiger charge is 2.48. The highest BCUT2D eigenvalue weighted by molar-refractivity contribution is 5.86. The normalized spacial score (nSPS) is 27.1. The van der Waals surface area contributed by atoms with Gasteiger partial charge in [0.15, 0.2) is 0 Å². The summed E-state index contributed by atoms with van der Waals surface area (Å²) in [6.45, 7) is 3.04. The Balaban J connectivity index is 2.08. The Labute approximate surface area is 104 Å². The molecule has 1 unspecified atom stereocenters. The summed E-state index contributed by atoms with van der Waals surface area (Å²) in [4.78, 5) is 14.5. The molecule has 0 aromatic rings. The van der Waals surface area contributed by atoms with E-state index >= 15 is 0 Å². The van der Waals surface area contributed by atoms with Crippen LogP contribution in [0.3, 0.4) is 0 Å². The summed E-state index contributed by atoms with van der Waals surface area (Å²) in [7, 11) is 0. The Hall–Kier alpha value is -1.04. The minimum absolute atomic E-state index is 0.129. The van der Waals surface area contributed by atoms with E-state index in [-0.39, 0.29) is 5.91 Å². The molecule has 0 spiro atoms. The Bertz CT molecular complexity index is 326. The van der Waals surface area contributed by atoms with Crippen LogP contribution in [0.4, 0.5) is 0 Å². The third kappa shape index (κ3) is 2.18. The van der Waals surface area contributed by atoms with Crippen LogP contribution in [-0.4, -0.2) is 23.4 Å². The number of piperidine rings is 1. The molecule has 3 nitrogen and oxygen atoms in total. The summed E-state index contributed by atoms with van der Waals surface area (Å²) in [5.41, 5.74) is -0.649. The lowest BCUT2D eigenvalue weighted by atomic mass is 9.68. The van der Waals surface area contributed by atoms with Crippen LogP contribution in [0.2, 0.25) is 0 Å². The first-order chi connectivity index (χ1) is 8.23. The lowest BCUT2D eigenvalue weighted by Crippen LogP contribution is -2.52. The molecule has 17 heavy (non-hydrogen) atoms. The second kappa shape index (κ2) is 5.08. The molecule has 1 heterocycles. The second-order valence-electron chi connectivity index (χ2n) is 5.48. The van der Waals surface area contributed by atoms with Crippen molar-refractivity contribution in [1.82, 2.24) is 4.90 Å². The molecule has 0 bridgehead atoms. The number of hydrogen-bond donors (Lipinski definition) is 0. The maximum atomic E-state index is 12.5. The highest BCUT2D eigenvalue weighted by Crippen LogP contribution is 2.43. The molecule has 0 radical (unpaired) electrons. The highest BCUT2D eigenvalue weighted by atomic mass is 16.2. The minimum Gasteiger partial charge on any atom is -0.338 e. The first-order valence-electron chi connectivity index (χ1n) is 6.96. The predicted molar refractivity (Wildman–Crippen MR) is 66.2 cm³/mol. The Morgan fingerprint density at radius 3 is 2.71 bits per heavy atom. The summed E-state index contributed by atoms with van der Waals surface area (Å²) in [5, 5.41) is 9.26. The van der Waals surface area contributed by atoms with E-state index in [1.165, 1.54) is 6.42 Å². The molecule has 0 aromatic heterocycles. The molecule has 0 aromatic carbocycles. The first-order valence-corrected chi connectivity index (χ1v) is 6.96. The fourth-order valence-corrected chi connectivity index (χ4v) is 3.08. The monoisotopic (exact) mass is 234 g/mol. The molecule has 1 atom stereocenters. The van der Waals surface area contributed by atoms with E-state index in [0.29, 0.717) is 6.04 Å². The van der Waals surface area contributed by atoms with E-state index in [1.807, 2.05) is 4.90 Å². The second-order valence-corrected chi connectivity index (χ2v) is 5.48. The van der Waals surface area contributed by atoms with E-state index < -0.39 is 5.41 Å². The molecule has 1 saturated heterocycles. The summed E-state index contributed by atoms with van der Waals surface area (Å²) in [6.07, 6.45) is 8.25. The molecule has 0 N–H and O–H groups in total. The lowest BCUT2D eigenvalue weighted by molar-refractivity contribution is -0.147. The van der Waals surface area contributed by atoms with Crippen molar-refractivity contribution in [2.24, 2.45) is 5.41 Å². The largest absolute Gasteiger partial charge is 0.338 e. The van der Waals surface area contributed by atoms with Gasteiger partial charge in [-0.1, -0.05) is 13.3 Å². The molecule has 94 valence electrons. The van der Waals surface area contributed by atoms with Crippen molar-refractivity contribution in [1.29, 1.82) is 5.26 Å². The zero-order chi connectivity index (χ0) is 12.3. The van der Waals surface area contributed by atoms with Crippen molar-refractivity contribution in [2.75, 3.05) is 6.54 Å². The third-order valence-electron chi connectivity index (χ3n) is 4.34. The first kappa shape index (κ1) is 12.4. The molecule has 1 saturated carbocycles. The molecule has 2 aliphatic rings. The third-order valence-corrected chi connectivity index (χ3v) is 4.34. The summed E-state index contributed by atoms with van der Waals surface area (Å²) in [6, 6.07) is 2.68. The number of carbonyl (C=O) groups excluding carboxylic acids is 1. The van der Waals surface area contributed by atoms with Crippen LogP contribution in [-0.2, 0) is 4.79 Å². The van der Waals surface area contributed by atoms with Gasteiger partial charge in [-0.2, -0.15) is 5.26 Å². The maximum Gasteiger partial charge on any atom is 0.243 e. The maximum absolute atomic E-state index is 12.5. The van der Waals surface area contributed by atoms with Gasteiger partial charge in [0, 0.05) is 12.6 Å². The number of likely N-dealkylation sites (tertiary alicyclic amines) is 1. The number of hydrogen-bond acceptors (Lipinski definition) is 2. The van der Waals surface area contributed by atoms with Gasteiger partial charge in [0.25, 0.3) is 0 Å². The molecule has 1 aliphatic carbocycles. The summed E-state index contributed by atoms with van der Waals surface area (Å²) < 4.78 is 0. The summed E-state index contributed by atoms with van der Waals surface area (Å²) in [5.74, 6) is 0.129. The smallest absolute Gasteiger partial charge is 0.243 e. The van der Waals surface area contributed by atoms with Crippen LogP contribution in [0.25, 0.3) is 0 Å². The van der Waals surface area contributed by atoms with E-state index in [0.717, 1.165) is 51.5 Å².